The Morgan fingerprint density at radius 2 is 1.93 bits per heavy atom. The Balaban J connectivity index is 1.39. The third-order valence-electron chi connectivity index (χ3n) is 6.42. The van der Waals surface area contributed by atoms with Crippen LogP contribution in [0.1, 0.15) is 30.8 Å². The van der Waals surface area contributed by atoms with Gasteiger partial charge in [-0.05, 0) is 28.1 Å². The maximum absolute atomic E-state index is 14.5. The number of Topliss-reactive ketones (excluding diaryl/α,β-unsaturated/α-hetero) is 1. The van der Waals surface area contributed by atoms with Gasteiger partial charge in [-0.1, -0.05) is 6.07 Å². The van der Waals surface area contributed by atoms with Crippen molar-refractivity contribution in [2.75, 3.05) is 16.3 Å². The normalized spacial score (nSPS) is 16.9. The minimum atomic E-state index is -1.34. The molecule has 0 saturated carbocycles. The molecule has 0 spiro atoms. The summed E-state index contributed by atoms with van der Waals surface area (Å²) in [6.45, 7) is 3.06. The Kier molecular flexibility index (Phi) is 8.49. The average Bonchev–Trinajstić information content (AvgIpc) is 3.50. The van der Waals surface area contributed by atoms with Gasteiger partial charge in [0.05, 0.1) is 6.54 Å². The van der Waals surface area contributed by atoms with Gasteiger partial charge < -0.3 is 5.32 Å². The van der Waals surface area contributed by atoms with Gasteiger partial charge in [0.1, 0.15) is 22.6 Å². The predicted molar refractivity (Wildman–Crippen MR) is 146 cm³/mol. The zero-order valence-electron chi connectivity index (χ0n) is 21.6. The number of nitrogens with zero attached hydrogens (tertiary/aromatic N) is 6. The van der Waals surface area contributed by atoms with Crippen LogP contribution in [0.3, 0.4) is 0 Å². The Morgan fingerprint density at radius 1 is 1.15 bits per heavy atom. The van der Waals surface area contributed by atoms with E-state index in [9.17, 15) is 18.8 Å². The van der Waals surface area contributed by atoms with Crippen LogP contribution in [0.25, 0.3) is 22.0 Å². The number of carbonyl (C=O) groups is 3. The number of hydrogen-bond donors (Lipinski definition) is 1. The van der Waals surface area contributed by atoms with E-state index in [-0.39, 0.29) is 52.2 Å². The number of alkyl halides is 2. The maximum atomic E-state index is 14.5. The number of pyridine rings is 1. The van der Waals surface area contributed by atoms with Crippen molar-refractivity contribution in [1.29, 1.82) is 0 Å². The SMILES string of the molecule is CC[I-]c1ncc(-c2ccc3c(c2)c(C(C)=O)nn3CC(=O)N2C[C@H](F)C[C@H]2C(=O)Nc2cccc(Br)n2)cn1. The zero-order valence-corrected chi connectivity index (χ0v) is 25.4. The summed E-state index contributed by atoms with van der Waals surface area (Å²) >= 11 is 3.05. The second kappa shape index (κ2) is 12.0. The van der Waals surface area contributed by atoms with Crippen LogP contribution in [-0.4, -0.2) is 70.4 Å². The second-order valence-electron chi connectivity index (χ2n) is 9.17. The number of carbonyl (C=O) groups excluding carboxylic acids is 3. The molecule has 0 unspecified atom stereocenters. The van der Waals surface area contributed by atoms with Crippen molar-refractivity contribution in [3.8, 4) is 11.1 Å². The molecule has 4 aromatic rings. The topological polar surface area (TPSA) is 123 Å². The molecule has 2 amide bonds. The first-order chi connectivity index (χ1) is 19.2. The quantitative estimate of drug-likeness (QED) is 0.0936. The number of likely N-dealkylation sites (tertiary alicyclic amines) is 1. The standard InChI is InChI=1S/C27H25BrFIN7O3/c1-3-30-27-31-11-17(12-32-27)16-7-8-20-19(9-16)25(15(2)38)35-37(20)14-24(39)36-13-18(29)10-21(36)26(40)34-23-6-4-5-22(28)33-23/h4-9,11-12,18,21H,3,10,13-14H2,1-2H3,(H,33,34,40)/q-1/t18-,21+/m1/s1. The fourth-order valence-corrected chi connectivity index (χ4v) is 6.30. The van der Waals surface area contributed by atoms with Crippen LogP contribution in [-0.2, 0) is 16.1 Å². The number of hydrogen-bond acceptors (Lipinski definition) is 7. The van der Waals surface area contributed by atoms with E-state index < -0.39 is 24.0 Å². The van der Waals surface area contributed by atoms with Crippen molar-refractivity contribution < 1.29 is 40.0 Å². The first kappa shape index (κ1) is 28.2. The van der Waals surface area contributed by atoms with Gasteiger partial charge in [-0.2, -0.15) is 0 Å². The minimum absolute atomic E-state index is 0.116. The summed E-state index contributed by atoms with van der Waals surface area (Å²) in [5.41, 5.74) is 2.43. The first-order valence-electron chi connectivity index (χ1n) is 12.5. The van der Waals surface area contributed by atoms with E-state index in [0.717, 1.165) is 19.4 Å². The molecule has 2 atom stereocenters. The zero-order chi connectivity index (χ0) is 28.4. The molecule has 5 rings (SSSR count). The van der Waals surface area contributed by atoms with E-state index in [2.05, 4.69) is 48.2 Å². The number of anilines is 1. The summed E-state index contributed by atoms with van der Waals surface area (Å²) < 4.78 is 18.3. The fourth-order valence-electron chi connectivity index (χ4n) is 4.60. The van der Waals surface area contributed by atoms with Gasteiger partial charge in [-0.15, -0.1) is 0 Å². The molecule has 0 aliphatic carbocycles. The molecule has 1 fully saturated rings. The molecule has 1 aliphatic heterocycles. The molecular formula is C27H25BrFIN7O3-. The van der Waals surface area contributed by atoms with E-state index in [1.165, 1.54) is 16.5 Å². The Morgan fingerprint density at radius 3 is 2.62 bits per heavy atom. The fraction of sp³-hybridized carbons (Fsp3) is 0.296. The number of aromatic nitrogens is 5. The molecule has 208 valence electrons. The Labute approximate surface area is 248 Å². The van der Waals surface area contributed by atoms with Crippen molar-refractivity contribution >= 4 is 50.2 Å². The second-order valence-corrected chi connectivity index (χ2v) is 13.2. The number of rotatable bonds is 8. The summed E-state index contributed by atoms with van der Waals surface area (Å²) in [5, 5.41) is 7.67. The van der Waals surface area contributed by atoms with Gasteiger partial charge in [0, 0.05) is 6.42 Å². The van der Waals surface area contributed by atoms with E-state index in [1.54, 1.807) is 36.7 Å². The van der Waals surface area contributed by atoms with E-state index in [4.69, 9.17) is 0 Å². The number of fused-ring (bicyclic) bond motifs is 1. The van der Waals surface area contributed by atoms with Crippen LogP contribution in [0, 0.1) is 3.83 Å². The Bertz CT molecular complexity index is 1600. The van der Waals surface area contributed by atoms with Crippen LogP contribution in [0.2, 0.25) is 0 Å². The van der Waals surface area contributed by atoms with Crippen molar-refractivity contribution in [3.05, 3.63) is 62.9 Å². The molecular weight excluding hydrogens is 696 g/mol. The predicted octanol–water partition coefficient (Wildman–Crippen LogP) is 0.710. The number of amides is 2. The van der Waals surface area contributed by atoms with E-state index in [1.807, 2.05) is 12.1 Å². The molecule has 3 aromatic heterocycles. The molecule has 1 aliphatic rings. The first-order valence-corrected chi connectivity index (χ1v) is 15.9. The van der Waals surface area contributed by atoms with Gasteiger partial charge in [0.25, 0.3) is 0 Å². The Hall–Kier alpha value is -3.33. The summed E-state index contributed by atoms with van der Waals surface area (Å²) in [4.78, 5) is 53.1. The molecule has 1 saturated heterocycles. The summed E-state index contributed by atoms with van der Waals surface area (Å²) in [6, 6.07) is 9.51. The summed E-state index contributed by atoms with van der Waals surface area (Å²) in [6.07, 6.45) is 2.09. The average molecular weight is 721 g/mol. The third kappa shape index (κ3) is 6.04. The third-order valence-corrected chi connectivity index (χ3v) is 8.86. The monoisotopic (exact) mass is 720 g/mol. The molecule has 40 heavy (non-hydrogen) atoms. The van der Waals surface area contributed by atoms with Crippen molar-refractivity contribution in [2.24, 2.45) is 0 Å². The van der Waals surface area contributed by atoms with Crippen LogP contribution in [0.4, 0.5) is 10.2 Å². The molecule has 4 heterocycles. The van der Waals surface area contributed by atoms with Gasteiger partial charge in [0.2, 0.25) is 5.91 Å². The number of benzene rings is 1. The molecule has 1 aromatic carbocycles. The summed E-state index contributed by atoms with van der Waals surface area (Å²) in [7, 11) is 0. The molecule has 10 nitrogen and oxygen atoms in total. The number of ketones is 1. The molecule has 0 radical (unpaired) electrons. The van der Waals surface area contributed by atoms with Crippen LogP contribution < -0.4 is 26.5 Å². The molecule has 13 heteroatoms. The van der Waals surface area contributed by atoms with Crippen LogP contribution >= 0.6 is 15.9 Å². The van der Waals surface area contributed by atoms with E-state index >= 15 is 0 Å². The number of halogens is 3. The molecule has 0 bridgehead atoms. The number of nitrogens with one attached hydrogen (secondary N) is 1. The summed E-state index contributed by atoms with van der Waals surface area (Å²) in [5.74, 6) is -0.959. The van der Waals surface area contributed by atoms with Crippen molar-refractivity contribution in [2.45, 2.75) is 39.0 Å². The van der Waals surface area contributed by atoms with Gasteiger partial charge in [0.15, 0.2) is 0 Å². The molecule has 1 N–H and O–H groups in total. The van der Waals surface area contributed by atoms with Gasteiger partial charge in [-0.25, -0.2) is 9.37 Å². The van der Waals surface area contributed by atoms with Gasteiger partial charge in [-0.3, -0.25) is 4.79 Å². The van der Waals surface area contributed by atoms with Crippen molar-refractivity contribution in [3.63, 3.8) is 0 Å². The van der Waals surface area contributed by atoms with E-state index in [0.29, 0.717) is 21.3 Å². The van der Waals surface area contributed by atoms with Crippen LogP contribution in [0.5, 0.6) is 0 Å². The van der Waals surface area contributed by atoms with Crippen LogP contribution in [0.15, 0.2) is 53.4 Å². The van der Waals surface area contributed by atoms with Gasteiger partial charge >= 0.3 is 154 Å². The van der Waals surface area contributed by atoms with Crippen molar-refractivity contribution in [1.82, 2.24) is 29.6 Å².